The van der Waals surface area contributed by atoms with Crippen molar-refractivity contribution >= 4 is 11.7 Å². The average Bonchev–Trinajstić information content (AvgIpc) is 2.44. The fourth-order valence-corrected chi connectivity index (χ4v) is 2.32. The summed E-state index contributed by atoms with van der Waals surface area (Å²) in [6, 6.07) is 1.71. The van der Waals surface area contributed by atoms with Crippen molar-refractivity contribution in [2.24, 2.45) is 0 Å². The number of hydrogen-bond acceptors (Lipinski definition) is 3. The van der Waals surface area contributed by atoms with E-state index in [0.717, 1.165) is 36.8 Å². The molecule has 1 aliphatic carbocycles. The Morgan fingerprint density at radius 1 is 1.25 bits per heavy atom. The second-order valence-corrected chi connectivity index (χ2v) is 4.19. The van der Waals surface area contributed by atoms with Crippen LogP contribution in [0.1, 0.15) is 40.7 Å². The average molecular weight is 221 g/mol. The first kappa shape index (κ1) is 10.8. The number of phenols is 1. The molecule has 0 atom stereocenters. The van der Waals surface area contributed by atoms with E-state index in [1.807, 2.05) is 0 Å². The molecule has 0 bridgehead atoms. The van der Waals surface area contributed by atoms with E-state index < -0.39 is 5.97 Å². The third-order valence-corrected chi connectivity index (χ3v) is 3.12. The van der Waals surface area contributed by atoms with Gasteiger partial charge in [-0.2, -0.15) is 0 Å². The zero-order chi connectivity index (χ0) is 11.7. The van der Waals surface area contributed by atoms with Gasteiger partial charge in [0.15, 0.2) is 5.75 Å². The molecule has 0 amide bonds. The van der Waals surface area contributed by atoms with Gasteiger partial charge in [0, 0.05) is 0 Å². The number of carboxylic acids is 1. The quantitative estimate of drug-likeness (QED) is 0.384. The molecule has 0 radical (unpaired) electrons. The molecule has 0 spiro atoms. The van der Waals surface area contributed by atoms with Crippen LogP contribution in [0.5, 0.6) is 5.75 Å². The predicted molar refractivity (Wildman–Crippen MR) is 60.7 cm³/mol. The summed E-state index contributed by atoms with van der Waals surface area (Å²) >= 11 is 0. The van der Waals surface area contributed by atoms with Gasteiger partial charge in [-0.25, -0.2) is 4.79 Å². The fraction of sp³-hybridized carbons (Fsp3) is 0.417. The number of nitrogens with two attached hydrogens (primary N) is 1. The lowest BCUT2D eigenvalue weighted by molar-refractivity contribution is 0.0692. The zero-order valence-corrected chi connectivity index (χ0v) is 8.99. The monoisotopic (exact) mass is 221 g/mol. The number of hydrogen-bond donors (Lipinski definition) is 3. The van der Waals surface area contributed by atoms with Crippen LogP contribution < -0.4 is 5.73 Å². The molecule has 1 aliphatic rings. The molecule has 0 unspecified atom stereocenters. The maximum atomic E-state index is 11.1. The van der Waals surface area contributed by atoms with Crippen molar-refractivity contribution in [3.8, 4) is 5.75 Å². The van der Waals surface area contributed by atoms with Gasteiger partial charge in [-0.1, -0.05) is 6.42 Å². The molecule has 4 heteroatoms. The van der Waals surface area contributed by atoms with E-state index in [9.17, 15) is 9.90 Å². The van der Waals surface area contributed by atoms with Gasteiger partial charge < -0.3 is 15.9 Å². The molecule has 16 heavy (non-hydrogen) atoms. The minimum atomic E-state index is -1.09. The van der Waals surface area contributed by atoms with Crippen LogP contribution in [-0.2, 0) is 12.8 Å². The van der Waals surface area contributed by atoms with E-state index in [1.54, 1.807) is 6.07 Å². The number of rotatable bonds is 1. The van der Waals surface area contributed by atoms with Gasteiger partial charge >= 0.3 is 5.97 Å². The molecule has 1 aromatic carbocycles. The number of anilines is 1. The number of carboxylic acid groups (broad SMARTS) is 1. The lowest BCUT2D eigenvalue weighted by Crippen LogP contribution is -2.07. The highest BCUT2D eigenvalue weighted by Gasteiger charge is 2.22. The van der Waals surface area contributed by atoms with Crippen LogP contribution in [0.4, 0.5) is 5.69 Å². The summed E-state index contributed by atoms with van der Waals surface area (Å²) < 4.78 is 0. The van der Waals surface area contributed by atoms with Crippen LogP contribution in [0.25, 0.3) is 0 Å². The molecule has 86 valence electrons. The Kier molecular flexibility index (Phi) is 2.73. The summed E-state index contributed by atoms with van der Waals surface area (Å²) in [6.45, 7) is 0. The van der Waals surface area contributed by atoms with E-state index >= 15 is 0 Å². The second-order valence-electron chi connectivity index (χ2n) is 4.19. The van der Waals surface area contributed by atoms with Gasteiger partial charge in [-0.3, -0.25) is 0 Å². The van der Waals surface area contributed by atoms with Crippen LogP contribution in [0.15, 0.2) is 6.07 Å². The van der Waals surface area contributed by atoms with Crippen molar-refractivity contribution in [1.82, 2.24) is 0 Å². The van der Waals surface area contributed by atoms with E-state index in [4.69, 9.17) is 10.8 Å². The van der Waals surface area contributed by atoms with Crippen LogP contribution in [-0.4, -0.2) is 16.2 Å². The SMILES string of the molecule is Nc1cc2c(c(C(=O)O)c1O)CCCCC2. The zero-order valence-electron chi connectivity index (χ0n) is 8.99. The van der Waals surface area contributed by atoms with Gasteiger partial charge in [0.25, 0.3) is 0 Å². The summed E-state index contributed by atoms with van der Waals surface area (Å²) in [6.07, 6.45) is 4.67. The predicted octanol–water partition coefficient (Wildman–Crippen LogP) is 1.94. The molecule has 1 aromatic rings. The molecule has 2 rings (SSSR count). The lowest BCUT2D eigenvalue weighted by Gasteiger charge is -2.13. The Morgan fingerprint density at radius 2 is 1.94 bits per heavy atom. The number of aromatic hydroxyl groups is 1. The Balaban J connectivity index is 2.65. The van der Waals surface area contributed by atoms with Crippen molar-refractivity contribution in [1.29, 1.82) is 0 Å². The number of carbonyl (C=O) groups is 1. The molecule has 0 fully saturated rings. The summed E-state index contributed by atoms with van der Waals surface area (Å²) in [5.41, 5.74) is 7.52. The molecule has 0 saturated heterocycles. The van der Waals surface area contributed by atoms with Gasteiger partial charge in [0.05, 0.1) is 5.69 Å². The molecule has 0 saturated carbocycles. The number of benzene rings is 1. The minimum Gasteiger partial charge on any atom is -0.505 e. The number of aromatic carboxylic acids is 1. The molecular weight excluding hydrogens is 206 g/mol. The van der Waals surface area contributed by atoms with Crippen molar-refractivity contribution < 1.29 is 15.0 Å². The fourth-order valence-electron chi connectivity index (χ4n) is 2.32. The van der Waals surface area contributed by atoms with Crippen molar-refractivity contribution in [2.75, 3.05) is 5.73 Å². The van der Waals surface area contributed by atoms with Gasteiger partial charge in [-0.05, 0) is 42.9 Å². The summed E-state index contributed by atoms with van der Waals surface area (Å²) in [7, 11) is 0. The first-order valence-corrected chi connectivity index (χ1v) is 5.47. The van der Waals surface area contributed by atoms with Gasteiger partial charge in [0.2, 0.25) is 0 Å². The molecular formula is C12H15NO3. The molecule has 0 aromatic heterocycles. The van der Waals surface area contributed by atoms with Crippen LogP contribution in [0, 0.1) is 0 Å². The van der Waals surface area contributed by atoms with Crippen LogP contribution in [0.2, 0.25) is 0 Å². The Morgan fingerprint density at radius 3 is 2.62 bits per heavy atom. The topological polar surface area (TPSA) is 83.6 Å². The normalized spacial score (nSPS) is 15.2. The third-order valence-electron chi connectivity index (χ3n) is 3.12. The summed E-state index contributed by atoms with van der Waals surface area (Å²) in [5.74, 6) is -1.38. The number of nitrogen functional groups attached to an aromatic ring is 1. The summed E-state index contributed by atoms with van der Waals surface area (Å²) in [4.78, 5) is 11.1. The maximum absolute atomic E-state index is 11.1. The van der Waals surface area contributed by atoms with Gasteiger partial charge in [-0.15, -0.1) is 0 Å². The maximum Gasteiger partial charge on any atom is 0.339 e. The second kappa shape index (κ2) is 4.04. The molecule has 0 heterocycles. The van der Waals surface area contributed by atoms with E-state index in [2.05, 4.69) is 0 Å². The Labute approximate surface area is 93.7 Å². The molecule has 0 aliphatic heterocycles. The summed E-state index contributed by atoms with van der Waals surface area (Å²) in [5, 5.41) is 18.8. The highest BCUT2D eigenvalue weighted by Crippen LogP contribution is 2.34. The third kappa shape index (κ3) is 1.71. The first-order chi connectivity index (χ1) is 7.61. The van der Waals surface area contributed by atoms with Crippen LogP contribution >= 0.6 is 0 Å². The van der Waals surface area contributed by atoms with Crippen molar-refractivity contribution in [2.45, 2.75) is 32.1 Å². The van der Waals surface area contributed by atoms with E-state index in [-0.39, 0.29) is 17.0 Å². The van der Waals surface area contributed by atoms with Gasteiger partial charge in [0.1, 0.15) is 5.56 Å². The minimum absolute atomic E-state index is 0.00287. The van der Waals surface area contributed by atoms with Crippen molar-refractivity contribution in [3.63, 3.8) is 0 Å². The standard InChI is InChI=1S/C12H15NO3/c13-9-6-7-4-2-1-3-5-8(7)10(11(9)14)12(15)16/h6,14H,1-5,13H2,(H,15,16). The van der Waals surface area contributed by atoms with Crippen LogP contribution in [0.3, 0.4) is 0 Å². The van der Waals surface area contributed by atoms with Crippen molar-refractivity contribution in [3.05, 3.63) is 22.8 Å². The highest BCUT2D eigenvalue weighted by atomic mass is 16.4. The smallest absolute Gasteiger partial charge is 0.339 e. The number of fused-ring (bicyclic) bond motifs is 1. The Hall–Kier alpha value is -1.71. The van der Waals surface area contributed by atoms with E-state index in [0.29, 0.717) is 6.42 Å². The highest BCUT2D eigenvalue weighted by molar-refractivity contribution is 5.95. The molecule has 4 N–H and O–H groups in total. The number of aryl methyl sites for hydroxylation is 1. The first-order valence-electron chi connectivity index (χ1n) is 5.47. The lowest BCUT2D eigenvalue weighted by atomic mass is 9.95. The largest absolute Gasteiger partial charge is 0.505 e. The molecule has 4 nitrogen and oxygen atoms in total. The van der Waals surface area contributed by atoms with E-state index in [1.165, 1.54) is 0 Å². The Bertz CT molecular complexity index is 440.